The zero-order valence-electron chi connectivity index (χ0n) is 11.0. The summed E-state index contributed by atoms with van der Waals surface area (Å²) in [6, 6.07) is 7.36. The smallest absolute Gasteiger partial charge is 0.336 e. The lowest BCUT2D eigenvalue weighted by atomic mass is 10.2. The molecule has 0 unspecified atom stereocenters. The van der Waals surface area contributed by atoms with Gasteiger partial charge in [0.25, 0.3) is 0 Å². The van der Waals surface area contributed by atoms with Crippen molar-refractivity contribution in [2.75, 3.05) is 7.05 Å². The lowest BCUT2D eigenvalue weighted by Crippen LogP contribution is -2.26. The van der Waals surface area contributed by atoms with Crippen LogP contribution in [0.15, 0.2) is 45.9 Å². The van der Waals surface area contributed by atoms with Crippen LogP contribution in [0, 0.1) is 3.57 Å². The van der Waals surface area contributed by atoms with Crippen LogP contribution in [-0.4, -0.2) is 30.8 Å². The van der Waals surface area contributed by atoms with Crippen LogP contribution in [0.25, 0.3) is 0 Å². The molecule has 1 aromatic carbocycles. The average Bonchev–Trinajstić information content (AvgIpc) is 2.91. The van der Waals surface area contributed by atoms with Crippen LogP contribution < -0.4 is 0 Å². The molecule has 0 spiro atoms. The van der Waals surface area contributed by atoms with Crippen LogP contribution in [0.1, 0.15) is 16.1 Å². The van der Waals surface area contributed by atoms with Gasteiger partial charge in [0.1, 0.15) is 5.76 Å². The molecule has 0 saturated carbocycles. The molecule has 2 rings (SSSR count). The van der Waals surface area contributed by atoms with Gasteiger partial charge < -0.3 is 9.52 Å². The number of furan rings is 1. The van der Waals surface area contributed by atoms with Crippen LogP contribution >= 0.6 is 22.6 Å². The second kappa shape index (κ2) is 6.16. The van der Waals surface area contributed by atoms with E-state index >= 15 is 0 Å². The number of rotatable bonds is 5. The maximum Gasteiger partial charge on any atom is 0.336 e. The molecule has 6 nitrogen and oxygen atoms in total. The Hall–Kier alpha value is -1.39. The third-order valence-electron chi connectivity index (χ3n) is 2.84. The number of aromatic carboxylic acids is 1. The topological polar surface area (TPSA) is 87.8 Å². The standard InChI is InChI=1S/C13H12INO5S/c1-15(8-9-3-2-6-20-9)21(18,19)10-4-5-12(14)11(7-10)13(16)17/h2-7H,8H2,1H3,(H,16,17). The van der Waals surface area contributed by atoms with Gasteiger partial charge >= 0.3 is 5.97 Å². The van der Waals surface area contributed by atoms with Gasteiger partial charge in [0.05, 0.1) is 23.3 Å². The van der Waals surface area contributed by atoms with Crippen molar-refractivity contribution < 1.29 is 22.7 Å². The van der Waals surface area contributed by atoms with Crippen LogP contribution in [-0.2, 0) is 16.6 Å². The van der Waals surface area contributed by atoms with Gasteiger partial charge in [0, 0.05) is 10.6 Å². The minimum Gasteiger partial charge on any atom is -0.478 e. The van der Waals surface area contributed by atoms with Crippen LogP contribution in [0.3, 0.4) is 0 Å². The molecule has 1 N–H and O–H groups in total. The highest BCUT2D eigenvalue weighted by Crippen LogP contribution is 2.21. The molecule has 0 bridgehead atoms. The normalized spacial score (nSPS) is 11.8. The third kappa shape index (κ3) is 3.44. The summed E-state index contributed by atoms with van der Waals surface area (Å²) < 4.78 is 31.6. The highest BCUT2D eigenvalue weighted by Gasteiger charge is 2.23. The molecule has 1 aromatic heterocycles. The van der Waals surface area contributed by atoms with E-state index in [-0.39, 0.29) is 17.0 Å². The van der Waals surface area contributed by atoms with Gasteiger partial charge in [-0.2, -0.15) is 4.31 Å². The highest BCUT2D eigenvalue weighted by molar-refractivity contribution is 14.1. The average molecular weight is 421 g/mol. The Bertz CT molecular complexity index is 755. The van der Waals surface area contributed by atoms with E-state index in [1.165, 1.54) is 25.4 Å². The molecule has 112 valence electrons. The SMILES string of the molecule is CN(Cc1ccco1)S(=O)(=O)c1ccc(I)c(C(=O)O)c1. The zero-order valence-corrected chi connectivity index (χ0v) is 14.0. The summed E-state index contributed by atoms with van der Waals surface area (Å²) in [6.45, 7) is 0.0731. The number of hydrogen-bond donors (Lipinski definition) is 1. The molecule has 0 saturated heterocycles. The fourth-order valence-electron chi connectivity index (χ4n) is 1.72. The van der Waals surface area contributed by atoms with E-state index in [9.17, 15) is 13.2 Å². The Morgan fingerprint density at radius 2 is 2.10 bits per heavy atom. The third-order valence-corrected chi connectivity index (χ3v) is 5.58. The van der Waals surface area contributed by atoms with Crippen molar-refractivity contribution in [3.05, 3.63) is 51.5 Å². The number of sulfonamides is 1. The van der Waals surface area contributed by atoms with Crippen molar-refractivity contribution >= 4 is 38.6 Å². The first-order chi connectivity index (χ1) is 9.82. The van der Waals surface area contributed by atoms with Crippen molar-refractivity contribution in [2.24, 2.45) is 0 Å². The van der Waals surface area contributed by atoms with Gasteiger partial charge in [-0.1, -0.05) is 0 Å². The number of hydrogen-bond acceptors (Lipinski definition) is 4. The molecule has 0 aliphatic carbocycles. The number of carbonyl (C=O) groups is 1. The Morgan fingerprint density at radius 1 is 1.38 bits per heavy atom. The van der Waals surface area contributed by atoms with Crippen LogP contribution in [0.5, 0.6) is 0 Å². The summed E-state index contributed by atoms with van der Waals surface area (Å²) in [7, 11) is -2.37. The summed E-state index contributed by atoms with van der Waals surface area (Å²) in [5.41, 5.74) is -0.0388. The molecule has 0 aliphatic rings. The summed E-state index contributed by atoms with van der Waals surface area (Å²) in [5.74, 6) is -0.657. The number of benzene rings is 1. The molecule has 8 heteroatoms. The van der Waals surface area contributed by atoms with Crippen molar-refractivity contribution in [3.8, 4) is 0 Å². The summed E-state index contributed by atoms with van der Waals surface area (Å²) in [5, 5.41) is 9.07. The van der Waals surface area contributed by atoms with E-state index in [1.807, 2.05) is 22.6 Å². The second-order valence-corrected chi connectivity index (χ2v) is 7.49. The van der Waals surface area contributed by atoms with E-state index in [2.05, 4.69) is 0 Å². The Labute approximate surface area is 135 Å². The van der Waals surface area contributed by atoms with Crippen molar-refractivity contribution in [3.63, 3.8) is 0 Å². The van der Waals surface area contributed by atoms with E-state index in [0.29, 0.717) is 9.33 Å². The van der Waals surface area contributed by atoms with Crippen molar-refractivity contribution in [1.29, 1.82) is 0 Å². The first-order valence-corrected chi connectivity index (χ1v) is 8.36. The van der Waals surface area contributed by atoms with Gasteiger partial charge in [-0.05, 0) is 52.9 Å². The first kappa shape index (κ1) is 16.0. The number of halogens is 1. The van der Waals surface area contributed by atoms with Gasteiger partial charge in [-0.3, -0.25) is 0 Å². The lowest BCUT2D eigenvalue weighted by Gasteiger charge is -2.16. The Morgan fingerprint density at radius 3 is 2.67 bits per heavy atom. The molecular weight excluding hydrogens is 409 g/mol. The van der Waals surface area contributed by atoms with E-state index < -0.39 is 16.0 Å². The zero-order chi connectivity index (χ0) is 15.6. The summed E-state index contributed by atoms with van der Waals surface area (Å²) in [4.78, 5) is 11.0. The molecule has 21 heavy (non-hydrogen) atoms. The van der Waals surface area contributed by atoms with E-state index in [0.717, 1.165) is 10.4 Å². The molecule has 0 radical (unpaired) electrons. The minimum atomic E-state index is -3.78. The number of nitrogens with zero attached hydrogens (tertiary/aromatic N) is 1. The van der Waals surface area contributed by atoms with Gasteiger partial charge in [0.15, 0.2) is 0 Å². The van der Waals surface area contributed by atoms with Gasteiger partial charge in [-0.15, -0.1) is 0 Å². The predicted molar refractivity (Wildman–Crippen MR) is 83.5 cm³/mol. The van der Waals surface area contributed by atoms with E-state index in [4.69, 9.17) is 9.52 Å². The summed E-state index contributed by atoms with van der Waals surface area (Å²) >= 11 is 1.85. The maximum absolute atomic E-state index is 12.4. The predicted octanol–water partition coefficient (Wildman–Crippen LogP) is 2.40. The quantitative estimate of drug-likeness (QED) is 0.750. The highest BCUT2D eigenvalue weighted by atomic mass is 127. The first-order valence-electron chi connectivity index (χ1n) is 5.84. The molecule has 1 heterocycles. The van der Waals surface area contributed by atoms with Crippen LogP contribution in [0.2, 0.25) is 0 Å². The molecular formula is C13H12INO5S. The second-order valence-electron chi connectivity index (χ2n) is 4.29. The number of carboxylic acid groups (broad SMARTS) is 1. The van der Waals surface area contributed by atoms with Crippen molar-refractivity contribution in [1.82, 2.24) is 4.31 Å². The molecule has 0 atom stereocenters. The molecule has 0 fully saturated rings. The maximum atomic E-state index is 12.4. The van der Waals surface area contributed by atoms with Gasteiger partial charge in [0.2, 0.25) is 10.0 Å². The van der Waals surface area contributed by atoms with E-state index in [1.54, 1.807) is 12.1 Å². The fraction of sp³-hybridized carbons (Fsp3) is 0.154. The Balaban J connectivity index is 2.35. The molecule has 0 amide bonds. The van der Waals surface area contributed by atoms with Crippen molar-refractivity contribution in [2.45, 2.75) is 11.4 Å². The minimum absolute atomic E-state index is 0.0388. The summed E-state index contributed by atoms with van der Waals surface area (Å²) in [6.07, 6.45) is 1.46. The monoisotopic (exact) mass is 421 g/mol. The largest absolute Gasteiger partial charge is 0.478 e. The Kier molecular flexibility index (Phi) is 4.69. The lowest BCUT2D eigenvalue weighted by molar-refractivity contribution is 0.0695. The fourth-order valence-corrected chi connectivity index (χ4v) is 3.45. The number of carboxylic acids is 1. The van der Waals surface area contributed by atoms with Crippen LogP contribution in [0.4, 0.5) is 0 Å². The van der Waals surface area contributed by atoms with Gasteiger partial charge in [-0.25, -0.2) is 13.2 Å². The molecule has 0 aliphatic heterocycles. The molecule has 2 aromatic rings.